The minimum Gasteiger partial charge on any atom is -0.491 e. The second kappa shape index (κ2) is 20.4. The van der Waals surface area contributed by atoms with Gasteiger partial charge < -0.3 is 40.3 Å². The van der Waals surface area contributed by atoms with Crippen molar-refractivity contribution in [2.24, 2.45) is 22.7 Å². The first-order chi connectivity index (χ1) is 36.1. The molecule has 2 saturated heterocycles. The van der Waals surface area contributed by atoms with E-state index in [1.54, 1.807) is 49.0 Å². The molecule has 2 aliphatic heterocycles. The van der Waals surface area contributed by atoms with Crippen LogP contribution in [-0.2, 0) is 43.3 Å². The van der Waals surface area contributed by atoms with Crippen LogP contribution in [0, 0.1) is 29.6 Å². The number of ether oxygens (including phenoxy) is 2. The average molecular weight is 1070 g/mol. The highest BCUT2D eigenvalue weighted by Crippen LogP contribution is 2.70. The number of carbonyl (C=O) groups excluding carboxylic acids is 5. The number of halogens is 3. The molecule has 0 radical (unpaired) electrons. The van der Waals surface area contributed by atoms with E-state index in [9.17, 15) is 42.3 Å². The lowest BCUT2D eigenvalue weighted by Gasteiger charge is -2.43. The van der Waals surface area contributed by atoms with Gasteiger partial charge in [0.15, 0.2) is 11.4 Å². The zero-order valence-electron chi connectivity index (χ0n) is 43.0. The van der Waals surface area contributed by atoms with Gasteiger partial charge in [-0.05, 0) is 48.8 Å². The number of hydrogen-bond acceptors (Lipinski definition) is 12. The molecule has 5 aliphatic rings. The van der Waals surface area contributed by atoms with Crippen LogP contribution >= 0.6 is 11.3 Å². The number of thiazole rings is 1. The number of aromatic nitrogens is 5. The van der Waals surface area contributed by atoms with Crippen molar-refractivity contribution in [2.75, 3.05) is 44.8 Å². The minimum atomic E-state index is -2.78. The highest BCUT2D eigenvalue weighted by atomic mass is 32.1. The Hall–Kier alpha value is -6.65. The Kier molecular flexibility index (Phi) is 14.2. The molecule has 2 aromatic carbocycles. The van der Waals surface area contributed by atoms with Gasteiger partial charge in [-0.25, -0.2) is 18.2 Å². The summed E-state index contributed by atoms with van der Waals surface area (Å²) in [6, 6.07) is 12.9. The normalized spacial score (nSPS) is 22.9. The summed E-state index contributed by atoms with van der Waals surface area (Å²) in [6.45, 7) is 9.96. The molecule has 5 heterocycles. The van der Waals surface area contributed by atoms with E-state index < -0.39 is 70.2 Å². The quantitative estimate of drug-likeness (QED) is 0.0621. The van der Waals surface area contributed by atoms with Crippen molar-refractivity contribution < 1.29 is 51.7 Å². The molecule has 3 aromatic heterocycles. The zero-order chi connectivity index (χ0) is 53.9. The number of alkyl halides is 3. The molecule has 2 saturated carbocycles. The molecule has 404 valence electrons. The van der Waals surface area contributed by atoms with Gasteiger partial charge in [0.25, 0.3) is 17.7 Å². The molecular formula is C54H63F3N10O8S. The Labute approximate surface area is 441 Å². The number of likely N-dealkylation sites (tertiary alicyclic amines) is 2. The fourth-order valence-electron chi connectivity index (χ4n) is 11.0. The van der Waals surface area contributed by atoms with Crippen LogP contribution in [0.2, 0.25) is 0 Å². The topological polar surface area (TPSA) is 226 Å². The summed E-state index contributed by atoms with van der Waals surface area (Å²) in [4.78, 5) is 75.7. The number of H-pyrrole nitrogens is 1. The molecule has 0 bridgehead atoms. The van der Waals surface area contributed by atoms with Gasteiger partial charge in [0.1, 0.15) is 24.4 Å². The van der Waals surface area contributed by atoms with Crippen LogP contribution < -0.4 is 20.7 Å². The summed E-state index contributed by atoms with van der Waals surface area (Å²) in [7, 11) is 0. The van der Waals surface area contributed by atoms with Crippen molar-refractivity contribution in [2.45, 2.75) is 116 Å². The number of nitrogens with zero attached hydrogens (tertiary/aromatic N) is 6. The van der Waals surface area contributed by atoms with E-state index >= 15 is 0 Å². The monoisotopic (exact) mass is 1070 g/mol. The number of carbonyl (C=O) groups is 5. The minimum absolute atomic E-state index is 0.00456. The van der Waals surface area contributed by atoms with E-state index in [-0.39, 0.29) is 95.0 Å². The summed E-state index contributed by atoms with van der Waals surface area (Å²) in [5.41, 5.74) is 2.76. The van der Waals surface area contributed by atoms with Crippen LogP contribution in [0.5, 0.6) is 5.75 Å². The lowest BCUT2D eigenvalue weighted by atomic mass is 9.85. The molecule has 5 N–H and O–H groups in total. The maximum atomic E-state index is 14.7. The smallest absolute Gasteiger partial charge is 0.276 e. The van der Waals surface area contributed by atoms with Crippen LogP contribution in [0.1, 0.15) is 98.0 Å². The summed E-state index contributed by atoms with van der Waals surface area (Å²) in [5.74, 6) is -5.64. The van der Waals surface area contributed by atoms with E-state index in [2.05, 4.69) is 36.2 Å². The number of amides is 5. The van der Waals surface area contributed by atoms with Gasteiger partial charge in [0.2, 0.25) is 17.7 Å². The number of nitrogens with one attached hydrogen (secondary N) is 4. The Morgan fingerprint density at radius 1 is 1.01 bits per heavy atom. The number of fused-ring (bicyclic) bond motifs is 2. The van der Waals surface area contributed by atoms with Gasteiger partial charge in [0, 0.05) is 79.3 Å². The third-order valence-corrected chi connectivity index (χ3v) is 16.8. The van der Waals surface area contributed by atoms with Crippen molar-refractivity contribution in [1.29, 1.82) is 0 Å². The number of β-amino-alcohol motifs (C(OH)–C–C–N with tert-alkyl or cyclic N) is 1. The first-order valence-electron chi connectivity index (χ1n) is 25.8. The molecule has 5 amide bonds. The van der Waals surface area contributed by atoms with Crippen molar-refractivity contribution in [3.05, 3.63) is 100 Å². The lowest BCUT2D eigenvalue weighted by molar-refractivity contribution is -0.145. The molecule has 6 atom stereocenters. The van der Waals surface area contributed by atoms with Gasteiger partial charge in [-0.2, -0.15) is 10.2 Å². The van der Waals surface area contributed by atoms with E-state index in [1.165, 1.54) is 22.4 Å². The number of aryl methyl sites for hydroxylation is 1. The molecule has 76 heavy (non-hydrogen) atoms. The molecule has 2 unspecified atom stereocenters. The standard InChI is InChI=1S/C54H63F3N10O8S/c1-30-45(76-29-59-30)32-11-12-33(23-58-47(70)39-20-36(68)28-66(39)49(72)46(51(2,3)4)62-50(73)53(55)14-15-53)40(19-32)75-18-17-74-16-13-42(69)65-25-34(26-65)44(31-9-7-6-8-10-31)67-27-35(24-60-67)61-48(71)43-37-21-41-52(5,54(41,56)57)22-38(37)63-64-43/h6-12,19,24,27,29,34,36,39,41,44,46,68H,13-18,20-23,25-26,28H2,1-5H3,(H,58,70)(H,61,71)(H,62,73)(H,63,64)/t36-,39+,41+,44?,46?,52-/m1/s1. The molecule has 4 fully saturated rings. The predicted octanol–water partition coefficient (Wildman–Crippen LogP) is 5.80. The predicted molar refractivity (Wildman–Crippen MR) is 273 cm³/mol. The van der Waals surface area contributed by atoms with Gasteiger partial charge in [0.05, 0.1) is 59.7 Å². The maximum Gasteiger partial charge on any atom is 0.276 e. The van der Waals surface area contributed by atoms with Crippen LogP contribution in [0.15, 0.2) is 66.4 Å². The number of benzene rings is 2. The highest BCUT2D eigenvalue weighted by molar-refractivity contribution is 7.13. The summed E-state index contributed by atoms with van der Waals surface area (Å²) in [5, 5.41) is 30.6. The molecular weight excluding hydrogens is 1010 g/mol. The van der Waals surface area contributed by atoms with Gasteiger partial charge in [-0.3, -0.25) is 33.8 Å². The Balaban J connectivity index is 0.714. The van der Waals surface area contributed by atoms with E-state index in [0.717, 1.165) is 21.7 Å². The summed E-state index contributed by atoms with van der Waals surface area (Å²) < 4.78 is 57.7. The van der Waals surface area contributed by atoms with Crippen molar-refractivity contribution in [1.82, 2.24) is 45.4 Å². The van der Waals surface area contributed by atoms with Crippen LogP contribution in [-0.4, -0.2) is 139 Å². The van der Waals surface area contributed by atoms with Crippen molar-refractivity contribution >= 4 is 46.6 Å². The van der Waals surface area contributed by atoms with Crippen molar-refractivity contribution in [3.8, 4) is 16.2 Å². The number of aliphatic hydroxyl groups excluding tert-OH is 1. The van der Waals surface area contributed by atoms with Gasteiger partial charge in [-0.1, -0.05) is 70.2 Å². The SMILES string of the molecule is Cc1ncsc1-c1ccc(CNC(=O)[C@@H]2C[C@@H](O)CN2C(=O)C(NC(=O)C2(F)CC2)C(C)(C)C)c(OCCOCCC(=O)N2CC(C(c3ccccc3)n3cc(NC(=O)c4n[nH]c5c4C[C@@H]4C(F)(F)[C@]4(C)C5)cn3)C2)c1. The van der Waals surface area contributed by atoms with Gasteiger partial charge in [-0.15, -0.1) is 11.3 Å². The fraction of sp³-hybridized carbons (Fsp3) is 0.519. The second-order valence-electron chi connectivity index (χ2n) is 22.2. The van der Waals surface area contributed by atoms with Crippen LogP contribution in [0.25, 0.3) is 10.4 Å². The van der Waals surface area contributed by atoms with Crippen LogP contribution in [0.3, 0.4) is 0 Å². The second-order valence-corrected chi connectivity index (χ2v) is 23.1. The van der Waals surface area contributed by atoms with Gasteiger partial charge >= 0.3 is 0 Å². The molecule has 22 heteroatoms. The summed E-state index contributed by atoms with van der Waals surface area (Å²) in [6.07, 6.45) is 2.79. The molecule has 3 aliphatic carbocycles. The molecule has 10 rings (SSSR count). The van der Waals surface area contributed by atoms with Crippen molar-refractivity contribution in [3.63, 3.8) is 0 Å². The zero-order valence-corrected chi connectivity index (χ0v) is 43.9. The maximum absolute atomic E-state index is 14.7. The number of hydrogen-bond donors (Lipinski definition) is 5. The van der Waals surface area contributed by atoms with E-state index in [4.69, 9.17) is 9.47 Å². The Bertz CT molecular complexity index is 3020. The summed E-state index contributed by atoms with van der Waals surface area (Å²) >= 11 is 1.48. The highest BCUT2D eigenvalue weighted by Gasteiger charge is 2.78. The average Bonchev–Trinajstić information content (AvgIpc) is 4.00. The number of aliphatic hydroxyl groups is 1. The Morgan fingerprint density at radius 3 is 2.49 bits per heavy atom. The lowest BCUT2D eigenvalue weighted by Crippen LogP contribution is -2.59. The largest absolute Gasteiger partial charge is 0.491 e. The molecule has 0 spiro atoms. The first-order valence-corrected chi connectivity index (χ1v) is 26.7. The molecule has 18 nitrogen and oxygen atoms in total. The van der Waals surface area contributed by atoms with E-state index in [1.807, 2.05) is 55.5 Å². The number of anilines is 1. The third-order valence-electron chi connectivity index (χ3n) is 15.8. The first kappa shape index (κ1) is 52.8. The Morgan fingerprint density at radius 2 is 1.78 bits per heavy atom. The van der Waals surface area contributed by atoms with E-state index in [0.29, 0.717) is 41.3 Å². The number of aromatic amines is 1. The molecule has 5 aromatic rings. The number of rotatable bonds is 19. The fourth-order valence-corrected chi connectivity index (χ4v) is 11.8. The van der Waals surface area contributed by atoms with Crippen LogP contribution in [0.4, 0.5) is 18.9 Å². The third kappa shape index (κ3) is 10.3.